The van der Waals surface area contributed by atoms with Gasteiger partial charge in [-0.3, -0.25) is 14.3 Å². The first-order valence-electron chi connectivity index (χ1n) is 10.1. The van der Waals surface area contributed by atoms with Gasteiger partial charge in [-0.2, -0.15) is 4.98 Å². The fourth-order valence-corrected chi connectivity index (χ4v) is 4.83. The molecule has 1 saturated heterocycles. The number of aromatic nitrogens is 5. The molecular formula is C21H20N6O4S. The van der Waals surface area contributed by atoms with E-state index in [-0.39, 0.29) is 28.8 Å². The Morgan fingerprint density at radius 1 is 1.22 bits per heavy atom. The third-order valence-electron chi connectivity index (χ3n) is 5.44. The lowest BCUT2D eigenvalue weighted by molar-refractivity contribution is 0.147. The molecule has 11 heteroatoms. The van der Waals surface area contributed by atoms with Gasteiger partial charge in [0.2, 0.25) is 5.82 Å². The van der Waals surface area contributed by atoms with Crippen LogP contribution in [0.2, 0.25) is 0 Å². The van der Waals surface area contributed by atoms with Gasteiger partial charge in [0.15, 0.2) is 16.2 Å². The minimum Gasteiger partial charge on any atom is -0.410 e. The minimum atomic E-state index is -0.427. The van der Waals surface area contributed by atoms with E-state index in [0.29, 0.717) is 28.0 Å². The van der Waals surface area contributed by atoms with Gasteiger partial charge in [-0.25, -0.2) is 14.8 Å². The summed E-state index contributed by atoms with van der Waals surface area (Å²) < 4.78 is 12.2. The molecule has 1 aromatic carbocycles. The number of hydrogen-bond donors (Lipinski definition) is 0. The third-order valence-corrected chi connectivity index (χ3v) is 6.49. The minimum absolute atomic E-state index is 0.170. The Hall–Kier alpha value is -3.60. The van der Waals surface area contributed by atoms with E-state index in [0.717, 1.165) is 18.4 Å². The van der Waals surface area contributed by atoms with Crippen LogP contribution in [-0.2, 0) is 7.05 Å². The summed E-state index contributed by atoms with van der Waals surface area (Å²) in [5, 5.41) is 4.43. The molecule has 1 aliphatic rings. The van der Waals surface area contributed by atoms with Gasteiger partial charge in [-0.1, -0.05) is 34.7 Å². The quantitative estimate of drug-likeness (QED) is 0.464. The molecule has 1 aliphatic heterocycles. The van der Waals surface area contributed by atoms with E-state index in [1.165, 1.54) is 15.9 Å². The Morgan fingerprint density at radius 3 is 2.78 bits per heavy atom. The average Bonchev–Trinajstić information content (AvgIpc) is 3.51. The van der Waals surface area contributed by atoms with Crippen molar-refractivity contribution in [2.75, 3.05) is 6.54 Å². The average molecular weight is 452 g/mol. The largest absolute Gasteiger partial charge is 0.415 e. The second-order valence-electron chi connectivity index (χ2n) is 7.64. The lowest BCUT2D eigenvalue weighted by Crippen LogP contribution is -2.33. The van der Waals surface area contributed by atoms with Crippen LogP contribution in [0.15, 0.2) is 33.6 Å². The molecule has 0 radical (unpaired) electrons. The van der Waals surface area contributed by atoms with Crippen molar-refractivity contribution in [3.8, 4) is 17.5 Å². The monoisotopic (exact) mass is 452 g/mol. The van der Waals surface area contributed by atoms with Crippen LogP contribution in [0.1, 0.15) is 35.3 Å². The summed E-state index contributed by atoms with van der Waals surface area (Å²) in [6, 6.07) is 7.11. The summed E-state index contributed by atoms with van der Waals surface area (Å²) in [5.41, 5.74) is 0.829. The second-order valence-corrected chi connectivity index (χ2v) is 8.65. The predicted octanol–water partition coefficient (Wildman–Crippen LogP) is 3.39. The second kappa shape index (κ2) is 7.83. The molecule has 0 aliphatic carbocycles. The highest BCUT2D eigenvalue weighted by atomic mass is 32.1. The molecule has 4 aromatic rings. The van der Waals surface area contributed by atoms with Crippen LogP contribution in [0, 0.1) is 13.8 Å². The normalized spacial score (nSPS) is 16.1. The van der Waals surface area contributed by atoms with Crippen molar-refractivity contribution >= 4 is 27.8 Å². The highest BCUT2D eigenvalue weighted by molar-refractivity contribution is 7.18. The number of aryl methyl sites for hydroxylation is 2. The molecule has 0 saturated carbocycles. The number of amides is 1. The van der Waals surface area contributed by atoms with Crippen LogP contribution in [0.3, 0.4) is 0 Å². The summed E-state index contributed by atoms with van der Waals surface area (Å²) in [7, 11) is 1.59. The maximum atomic E-state index is 12.9. The van der Waals surface area contributed by atoms with Crippen LogP contribution in [0.4, 0.5) is 4.79 Å². The van der Waals surface area contributed by atoms with Crippen molar-refractivity contribution in [1.29, 1.82) is 0 Å². The van der Waals surface area contributed by atoms with Gasteiger partial charge >= 0.3 is 6.09 Å². The lowest BCUT2D eigenvalue weighted by atomic mass is 10.2. The van der Waals surface area contributed by atoms with Gasteiger partial charge in [0.1, 0.15) is 10.8 Å². The Kier molecular flexibility index (Phi) is 4.97. The highest BCUT2D eigenvalue weighted by Crippen LogP contribution is 2.36. The number of carbonyl (C=O) groups is 1. The molecular weight excluding hydrogens is 432 g/mol. The van der Waals surface area contributed by atoms with Crippen molar-refractivity contribution in [3.05, 3.63) is 51.0 Å². The molecule has 5 rings (SSSR count). The smallest absolute Gasteiger partial charge is 0.410 e. The Bertz CT molecular complexity index is 1390. The van der Waals surface area contributed by atoms with E-state index in [9.17, 15) is 9.59 Å². The number of ether oxygens (including phenoxy) is 1. The van der Waals surface area contributed by atoms with Gasteiger partial charge in [0.25, 0.3) is 11.4 Å². The van der Waals surface area contributed by atoms with Crippen LogP contribution >= 0.6 is 11.3 Å². The number of hydrogen-bond acceptors (Lipinski definition) is 9. The molecule has 0 bridgehead atoms. The molecule has 0 spiro atoms. The van der Waals surface area contributed by atoms with Crippen molar-refractivity contribution in [1.82, 2.24) is 29.6 Å². The zero-order chi connectivity index (χ0) is 22.4. The molecule has 0 N–H and O–H groups in total. The molecule has 32 heavy (non-hydrogen) atoms. The molecule has 1 atom stereocenters. The number of nitrogens with zero attached hydrogens (tertiary/aromatic N) is 6. The van der Waals surface area contributed by atoms with Crippen molar-refractivity contribution in [3.63, 3.8) is 0 Å². The maximum Gasteiger partial charge on any atom is 0.415 e. The summed E-state index contributed by atoms with van der Waals surface area (Å²) in [5.74, 6) is 1.43. The number of rotatable bonds is 3. The molecule has 4 heterocycles. The Morgan fingerprint density at radius 2 is 2.03 bits per heavy atom. The summed E-state index contributed by atoms with van der Waals surface area (Å²) >= 11 is 1.29. The van der Waals surface area contributed by atoms with E-state index in [1.54, 1.807) is 24.9 Å². The first-order chi connectivity index (χ1) is 15.4. The van der Waals surface area contributed by atoms with Crippen LogP contribution in [0.25, 0.3) is 22.1 Å². The first kappa shape index (κ1) is 20.3. The summed E-state index contributed by atoms with van der Waals surface area (Å²) in [6.07, 6.45) is 1.13. The molecule has 1 amide bonds. The first-order valence-corrected chi connectivity index (χ1v) is 11.0. The molecule has 0 unspecified atom stereocenters. The molecule has 1 fully saturated rings. The van der Waals surface area contributed by atoms with E-state index in [1.807, 2.05) is 25.1 Å². The van der Waals surface area contributed by atoms with Gasteiger partial charge in [0, 0.05) is 13.6 Å². The van der Waals surface area contributed by atoms with Gasteiger partial charge in [0.05, 0.1) is 6.04 Å². The fourth-order valence-electron chi connectivity index (χ4n) is 3.76. The lowest BCUT2D eigenvalue weighted by Gasteiger charge is -2.22. The standard InChI is InChI=1S/C21H20N6O4S/c1-11-7-4-5-9-14(11)30-21(29)27-10-6-8-13(27)18-23-15-19(32-18)24-16(26(3)20(15)28)17-22-12(2)25-31-17/h4-5,7,9,13H,6,8,10H2,1-3H3/t13-/m1/s1. The maximum absolute atomic E-state index is 12.9. The van der Waals surface area contributed by atoms with Crippen molar-refractivity contribution in [2.24, 2.45) is 7.05 Å². The highest BCUT2D eigenvalue weighted by Gasteiger charge is 2.34. The van der Waals surface area contributed by atoms with Crippen LogP contribution in [-0.4, -0.2) is 42.2 Å². The van der Waals surface area contributed by atoms with E-state index < -0.39 is 6.09 Å². The van der Waals surface area contributed by atoms with Crippen LogP contribution < -0.4 is 10.3 Å². The number of benzene rings is 1. The Balaban J connectivity index is 1.48. The van der Waals surface area contributed by atoms with Crippen molar-refractivity contribution in [2.45, 2.75) is 32.7 Å². The Labute approximate surface area is 186 Å². The topological polar surface area (TPSA) is 116 Å². The number of thiazole rings is 1. The van der Waals surface area contributed by atoms with Gasteiger partial charge in [-0.05, 0) is 38.3 Å². The zero-order valence-corrected chi connectivity index (χ0v) is 18.5. The number of carbonyl (C=O) groups excluding carboxylic acids is 1. The number of likely N-dealkylation sites (tertiary alicyclic amines) is 1. The molecule has 3 aromatic heterocycles. The third kappa shape index (κ3) is 3.44. The van der Waals surface area contributed by atoms with Gasteiger partial charge in [-0.15, -0.1) is 0 Å². The van der Waals surface area contributed by atoms with E-state index in [4.69, 9.17) is 9.26 Å². The SMILES string of the molecule is Cc1noc(-c2nc3sc([C@H]4CCCN4C(=O)Oc4ccccc4C)nc3c(=O)n2C)n1. The molecule has 164 valence electrons. The predicted molar refractivity (Wildman–Crippen MR) is 117 cm³/mol. The zero-order valence-electron chi connectivity index (χ0n) is 17.7. The fraction of sp³-hybridized carbons (Fsp3) is 0.333. The van der Waals surface area contributed by atoms with E-state index >= 15 is 0 Å². The van der Waals surface area contributed by atoms with E-state index in [2.05, 4.69) is 20.1 Å². The summed E-state index contributed by atoms with van der Waals surface area (Å²) in [6.45, 7) is 4.14. The van der Waals surface area contributed by atoms with Gasteiger partial charge < -0.3 is 9.26 Å². The summed E-state index contributed by atoms with van der Waals surface area (Å²) in [4.78, 5) is 41.2. The van der Waals surface area contributed by atoms with Crippen LogP contribution in [0.5, 0.6) is 5.75 Å². The molecule has 10 nitrogen and oxygen atoms in total. The number of para-hydroxylation sites is 1. The number of fused-ring (bicyclic) bond motifs is 1. The van der Waals surface area contributed by atoms with Crippen molar-refractivity contribution < 1.29 is 14.1 Å².